The van der Waals surface area contributed by atoms with Crippen LogP contribution in [0, 0.1) is 0 Å². The summed E-state index contributed by atoms with van der Waals surface area (Å²) in [5, 5.41) is 1.06. The molecule has 0 amide bonds. The van der Waals surface area contributed by atoms with Crippen molar-refractivity contribution < 1.29 is 4.74 Å². The van der Waals surface area contributed by atoms with Gasteiger partial charge in [-0.15, -0.1) is 0 Å². The second kappa shape index (κ2) is 5.17. The molecule has 88 valence electrons. The smallest absolute Gasteiger partial charge is 0.151 e. The van der Waals surface area contributed by atoms with Gasteiger partial charge in [-0.1, -0.05) is 39.1 Å². The number of anilines is 1. The number of hydrogen-bond donors (Lipinski definition) is 1. The van der Waals surface area contributed by atoms with Crippen molar-refractivity contribution in [2.45, 2.75) is 0 Å². The first-order chi connectivity index (χ1) is 8.06. The maximum Gasteiger partial charge on any atom is 0.151 e. The van der Waals surface area contributed by atoms with Crippen molar-refractivity contribution in [1.29, 1.82) is 0 Å². The third kappa shape index (κ3) is 3.06. The SMILES string of the molecule is Nc1ccc(Cl)cc1Oc1cc(Br)ccc1Cl. The Kier molecular flexibility index (Phi) is 3.82. The number of benzene rings is 2. The summed E-state index contributed by atoms with van der Waals surface area (Å²) in [6, 6.07) is 10.4. The van der Waals surface area contributed by atoms with Crippen molar-refractivity contribution >= 4 is 44.8 Å². The van der Waals surface area contributed by atoms with Gasteiger partial charge in [0, 0.05) is 15.6 Å². The van der Waals surface area contributed by atoms with Gasteiger partial charge in [0.1, 0.15) is 5.75 Å². The van der Waals surface area contributed by atoms with Crippen LogP contribution in [0.3, 0.4) is 0 Å². The van der Waals surface area contributed by atoms with Crippen LogP contribution in [0.1, 0.15) is 0 Å². The number of rotatable bonds is 2. The van der Waals surface area contributed by atoms with Crippen LogP contribution >= 0.6 is 39.1 Å². The van der Waals surface area contributed by atoms with Gasteiger partial charge < -0.3 is 10.5 Å². The summed E-state index contributed by atoms with van der Waals surface area (Å²) in [4.78, 5) is 0. The number of halogens is 3. The van der Waals surface area contributed by atoms with Crippen molar-refractivity contribution in [2.75, 3.05) is 5.73 Å². The van der Waals surface area contributed by atoms with E-state index in [-0.39, 0.29) is 0 Å². The summed E-state index contributed by atoms with van der Waals surface area (Å²) in [5.41, 5.74) is 6.29. The highest BCUT2D eigenvalue weighted by Crippen LogP contribution is 2.35. The van der Waals surface area contributed by atoms with E-state index in [1.165, 1.54) is 0 Å². The highest BCUT2D eigenvalue weighted by Gasteiger charge is 2.07. The zero-order valence-corrected chi connectivity index (χ0v) is 11.7. The van der Waals surface area contributed by atoms with E-state index in [0.717, 1.165) is 4.47 Å². The standard InChI is InChI=1S/C12H8BrCl2NO/c13-7-1-3-9(15)11(5-7)17-12-6-8(14)2-4-10(12)16/h1-6H,16H2. The molecular weight excluding hydrogens is 325 g/mol. The lowest BCUT2D eigenvalue weighted by molar-refractivity contribution is 0.485. The van der Waals surface area contributed by atoms with Crippen LogP contribution in [-0.4, -0.2) is 0 Å². The molecule has 0 aliphatic heterocycles. The molecule has 5 heteroatoms. The van der Waals surface area contributed by atoms with E-state index in [2.05, 4.69) is 15.9 Å². The van der Waals surface area contributed by atoms with Crippen LogP contribution < -0.4 is 10.5 Å². The molecule has 0 radical (unpaired) electrons. The molecule has 2 nitrogen and oxygen atoms in total. The van der Waals surface area contributed by atoms with Crippen molar-refractivity contribution in [1.82, 2.24) is 0 Å². The second-order valence-electron chi connectivity index (χ2n) is 3.36. The van der Waals surface area contributed by atoms with Crippen molar-refractivity contribution in [2.24, 2.45) is 0 Å². The summed E-state index contributed by atoms with van der Waals surface area (Å²) in [6.45, 7) is 0. The molecule has 0 aromatic heterocycles. The number of ether oxygens (including phenoxy) is 1. The van der Waals surface area contributed by atoms with Crippen LogP contribution in [0.4, 0.5) is 5.69 Å². The number of nitrogen functional groups attached to an aromatic ring is 1. The summed E-state index contributed by atoms with van der Waals surface area (Å²) < 4.78 is 6.50. The average molecular weight is 333 g/mol. The molecule has 0 aliphatic carbocycles. The Bertz CT molecular complexity index is 511. The van der Waals surface area contributed by atoms with Gasteiger partial charge >= 0.3 is 0 Å². The van der Waals surface area contributed by atoms with Gasteiger partial charge in [-0.05, 0) is 30.3 Å². The maximum atomic E-state index is 6.02. The third-order valence-corrected chi connectivity index (χ3v) is 3.13. The monoisotopic (exact) mass is 331 g/mol. The van der Waals surface area contributed by atoms with Gasteiger partial charge in [0.15, 0.2) is 5.75 Å². The van der Waals surface area contributed by atoms with Gasteiger partial charge in [-0.2, -0.15) is 0 Å². The van der Waals surface area contributed by atoms with Gasteiger partial charge in [0.05, 0.1) is 10.7 Å². The van der Waals surface area contributed by atoms with Crippen molar-refractivity contribution in [3.05, 3.63) is 50.9 Å². The van der Waals surface area contributed by atoms with E-state index in [1.807, 2.05) is 6.07 Å². The predicted molar refractivity (Wildman–Crippen MR) is 75.1 cm³/mol. The Balaban J connectivity index is 2.37. The Morgan fingerprint density at radius 3 is 2.53 bits per heavy atom. The van der Waals surface area contributed by atoms with E-state index < -0.39 is 0 Å². The normalized spacial score (nSPS) is 10.3. The van der Waals surface area contributed by atoms with Crippen LogP contribution in [0.25, 0.3) is 0 Å². The molecule has 2 rings (SSSR count). The average Bonchev–Trinajstić information content (AvgIpc) is 2.28. The van der Waals surface area contributed by atoms with Crippen LogP contribution in [0.2, 0.25) is 10.0 Å². The maximum absolute atomic E-state index is 6.02. The van der Waals surface area contributed by atoms with Crippen molar-refractivity contribution in [3.8, 4) is 11.5 Å². The van der Waals surface area contributed by atoms with Gasteiger partial charge in [0.2, 0.25) is 0 Å². The molecule has 0 unspecified atom stereocenters. The molecule has 0 fully saturated rings. The molecule has 0 heterocycles. The summed E-state index contributed by atoms with van der Waals surface area (Å²) in [5.74, 6) is 1.01. The topological polar surface area (TPSA) is 35.2 Å². The summed E-state index contributed by atoms with van der Waals surface area (Å²) >= 11 is 15.2. The largest absolute Gasteiger partial charge is 0.454 e. The fraction of sp³-hybridized carbons (Fsp3) is 0. The molecule has 0 bridgehead atoms. The van der Waals surface area contributed by atoms with Gasteiger partial charge in [-0.3, -0.25) is 0 Å². The van der Waals surface area contributed by atoms with E-state index in [1.54, 1.807) is 30.3 Å². The first kappa shape index (κ1) is 12.6. The Morgan fingerprint density at radius 2 is 1.76 bits per heavy atom. The third-order valence-electron chi connectivity index (χ3n) is 2.09. The van der Waals surface area contributed by atoms with Crippen LogP contribution in [0.5, 0.6) is 11.5 Å². The Morgan fingerprint density at radius 1 is 1.00 bits per heavy atom. The highest BCUT2D eigenvalue weighted by atomic mass is 79.9. The summed E-state index contributed by atoms with van der Waals surface area (Å²) in [7, 11) is 0. The zero-order valence-electron chi connectivity index (χ0n) is 8.58. The lowest BCUT2D eigenvalue weighted by Gasteiger charge is -2.10. The quantitative estimate of drug-likeness (QED) is 0.773. The van der Waals surface area contributed by atoms with Crippen molar-refractivity contribution in [3.63, 3.8) is 0 Å². The Labute approximate surface area is 117 Å². The number of nitrogens with two attached hydrogens (primary N) is 1. The van der Waals surface area contributed by atoms with Gasteiger partial charge in [0.25, 0.3) is 0 Å². The fourth-order valence-corrected chi connectivity index (χ4v) is 1.93. The molecule has 2 aromatic rings. The van der Waals surface area contributed by atoms with Crippen LogP contribution in [0.15, 0.2) is 40.9 Å². The minimum atomic E-state index is 0.484. The first-order valence-electron chi connectivity index (χ1n) is 4.74. The number of hydrogen-bond acceptors (Lipinski definition) is 2. The lowest BCUT2D eigenvalue weighted by atomic mass is 10.3. The van der Waals surface area contributed by atoms with E-state index >= 15 is 0 Å². The minimum Gasteiger partial charge on any atom is -0.454 e. The molecule has 0 atom stereocenters. The zero-order chi connectivity index (χ0) is 12.4. The molecule has 0 saturated heterocycles. The van der Waals surface area contributed by atoms with E-state index in [0.29, 0.717) is 27.2 Å². The molecule has 2 aromatic carbocycles. The second-order valence-corrected chi connectivity index (χ2v) is 5.12. The fourth-order valence-electron chi connectivity index (χ4n) is 1.27. The minimum absolute atomic E-state index is 0.484. The highest BCUT2D eigenvalue weighted by molar-refractivity contribution is 9.10. The van der Waals surface area contributed by atoms with Gasteiger partial charge in [-0.25, -0.2) is 0 Å². The molecule has 17 heavy (non-hydrogen) atoms. The predicted octanol–water partition coefficient (Wildman–Crippen LogP) is 5.13. The molecule has 0 saturated carbocycles. The Hall–Kier alpha value is -0.900. The molecule has 0 spiro atoms. The lowest BCUT2D eigenvalue weighted by Crippen LogP contribution is -1.92. The van der Waals surface area contributed by atoms with E-state index in [9.17, 15) is 0 Å². The first-order valence-corrected chi connectivity index (χ1v) is 6.29. The van der Waals surface area contributed by atoms with E-state index in [4.69, 9.17) is 33.7 Å². The molecular formula is C12H8BrCl2NO. The molecule has 0 aliphatic rings. The molecule has 2 N–H and O–H groups in total. The van der Waals surface area contributed by atoms with Crippen LogP contribution in [-0.2, 0) is 0 Å². The summed E-state index contributed by atoms with van der Waals surface area (Å²) in [6.07, 6.45) is 0.